The quantitative estimate of drug-likeness (QED) is 0.878. The molecule has 0 aliphatic carbocycles. The Balaban J connectivity index is 2.29. The van der Waals surface area contributed by atoms with Crippen molar-refractivity contribution in [2.45, 2.75) is 32.3 Å². The zero-order valence-electron chi connectivity index (χ0n) is 11.8. The summed E-state index contributed by atoms with van der Waals surface area (Å²) in [5, 5.41) is 0. The highest BCUT2D eigenvalue weighted by Gasteiger charge is 2.43. The van der Waals surface area contributed by atoms with Crippen molar-refractivity contribution >= 4 is 11.6 Å². The summed E-state index contributed by atoms with van der Waals surface area (Å²) in [5.74, 6) is 0.117. The molecule has 19 heavy (non-hydrogen) atoms. The molecule has 1 aliphatic heterocycles. The number of ether oxygens (including phenoxy) is 1. The Hall–Kier alpha value is -1.39. The molecule has 0 fully saturated rings. The van der Waals surface area contributed by atoms with Gasteiger partial charge in [-0.05, 0) is 32.4 Å². The van der Waals surface area contributed by atoms with E-state index in [2.05, 4.69) is 0 Å². The molecule has 1 atom stereocenters. The third-order valence-corrected chi connectivity index (χ3v) is 3.70. The van der Waals surface area contributed by atoms with Crippen LogP contribution in [0.1, 0.15) is 26.3 Å². The van der Waals surface area contributed by atoms with E-state index in [0.29, 0.717) is 19.7 Å². The van der Waals surface area contributed by atoms with Gasteiger partial charge in [0.05, 0.1) is 18.1 Å². The molecule has 1 aromatic carbocycles. The lowest BCUT2D eigenvalue weighted by molar-refractivity contribution is -0.122. The maximum absolute atomic E-state index is 12.6. The first-order chi connectivity index (χ1) is 9.02. The second-order valence-electron chi connectivity index (χ2n) is 5.37. The van der Waals surface area contributed by atoms with Gasteiger partial charge in [0.15, 0.2) is 0 Å². The predicted molar refractivity (Wildman–Crippen MR) is 76.3 cm³/mol. The van der Waals surface area contributed by atoms with E-state index in [1.165, 1.54) is 0 Å². The molecule has 2 rings (SSSR count). The molecule has 1 heterocycles. The number of fused-ring (bicyclic) bond motifs is 1. The fourth-order valence-corrected chi connectivity index (χ4v) is 2.62. The first-order valence-corrected chi connectivity index (χ1v) is 6.75. The Morgan fingerprint density at radius 2 is 2.05 bits per heavy atom. The van der Waals surface area contributed by atoms with E-state index in [1.807, 2.05) is 49.9 Å². The molecule has 1 aliphatic rings. The summed E-state index contributed by atoms with van der Waals surface area (Å²) < 4.78 is 5.57. The highest BCUT2D eigenvalue weighted by atomic mass is 16.5. The van der Waals surface area contributed by atoms with E-state index in [-0.39, 0.29) is 12.0 Å². The van der Waals surface area contributed by atoms with Crippen molar-refractivity contribution in [3.63, 3.8) is 0 Å². The standard InChI is InChI=1S/C15H22N2O2/c1-4-19-11(9-16)10-17-13-8-6-5-7-12(13)15(2,3)14(17)18/h5-8,11H,4,9-10,16H2,1-3H3. The summed E-state index contributed by atoms with van der Waals surface area (Å²) >= 11 is 0. The first kappa shape index (κ1) is 14.0. The number of nitrogens with zero attached hydrogens (tertiary/aromatic N) is 1. The summed E-state index contributed by atoms with van der Waals surface area (Å²) in [4.78, 5) is 14.4. The van der Waals surface area contributed by atoms with Crippen molar-refractivity contribution in [3.05, 3.63) is 29.8 Å². The van der Waals surface area contributed by atoms with Crippen molar-refractivity contribution in [1.29, 1.82) is 0 Å². The van der Waals surface area contributed by atoms with Gasteiger partial charge in [0, 0.05) is 18.8 Å². The van der Waals surface area contributed by atoms with Crippen LogP contribution in [-0.2, 0) is 14.9 Å². The van der Waals surface area contributed by atoms with Crippen LogP contribution in [0.25, 0.3) is 0 Å². The van der Waals surface area contributed by atoms with Crippen LogP contribution in [0.5, 0.6) is 0 Å². The Bertz CT molecular complexity index is 471. The lowest BCUT2D eigenvalue weighted by atomic mass is 9.86. The van der Waals surface area contributed by atoms with Crippen LogP contribution in [0.3, 0.4) is 0 Å². The van der Waals surface area contributed by atoms with E-state index in [9.17, 15) is 4.79 Å². The number of hydrogen-bond acceptors (Lipinski definition) is 3. The normalized spacial score (nSPS) is 18.5. The third kappa shape index (κ3) is 2.38. The number of carbonyl (C=O) groups is 1. The Kier molecular flexibility index (Phi) is 3.92. The zero-order valence-corrected chi connectivity index (χ0v) is 11.8. The van der Waals surface area contributed by atoms with Gasteiger partial charge in [-0.25, -0.2) is 0 Å². The minimum Gasteiger partial charge on any atom is -0.375 e. The molecule has 2 N–H and O–H groups in total. The molecule has 1 unspecified atom stereocenters. The summed E-state index contributed by atoms with van der Waals surface area (Å²) in [7, 11) is 0. The van der Waals surface area contributed by atoms with E-state index >= 15 is 0 Å². The number of benzene rings is 1. The molecule has 0 bridgehead atoms. The second kappa shape index (κ2) is 5.31. The van der Waals surface area contributed by atoms with Crippen LogP contribution in [0, 0.1) is 0 Å². The highest BCUT2D eigenvalue weighted by Crippen LogP contribution is 2.41. The van der Waals surface area contributed by atoms with Crippen LogP contribution >= 0.6 is 0 Å². The number of hydrogen-bond donors (Lipinski definition) is 1. The Labute approximate surface area is 114 Å². The minimum atomic E-state index is -0.470. The van der Waals surface area contributed by atoms with E-state index in [1.54, 1.807) is 0 Å². The SMILES string of the molecule is CCOC(CN)CN1C(=O)C(C)(C)c2ccccc21. The summed E-state index contributed by atoms with van der Waals surface area (Å²) in [6, 6.07) is 7.94. The van der Waals surface area contributed by atoms with Gasteiger partial charge in [0.1, 0.15) is 0 Å². The van der Waals surface area contributed by atoms with Crippen LogP contribution in [-0.4, -0.2) is 31.7 Å². The zero-order chi connectivity index (χ0) is 14.0. The fraction of sp³-hybridized carbons (Fsp3) is 0.533. The third-order valence-electron chi connectivity index (χ3n) is 3.70. The number of anilines is 1. The number of carbonyl (C=O) groups excluding carboxylic acids is 1. The minimum absolute atomic E-state index is 0.115. The van der Waals surface area contributed by atoms with Crippen LogP contribution in [0.2, 0.25) is 0 Å². The van der Waals surface area contributed by atoms with E-state index < -0.39 is 5.41 Å². The molecule has 4 nitrogen and oxygen atoms in total. The van der Waals surface area contributed by atoms with Crippen LogP contribution in [0.15, 0.2) is 24.3 Å². The number of para-hydroxylation sites is 1. The largest absolute Gasteiger partial charge is 0.375 e. The lowest BCUT2D eigenvalue weighted by Crippen LogP contribution is -2.43. The smallest absolute Gasteiger partial charge is 0.237 e. The Morgan fingerprint density at radius 1 is 1.37 bits per heavy atom. The van der Waals surface area contributed by atoms with Crippen LogP contribution < -0.4 is 10.6 Å². The van der Waals surface area contributed by atoms with Crippen molar-refractivity contribution in [3.8, 4) is 0 Å². The van der Waals surface area contributed by atoms with E-state index in [0.717, 1.165) is 11.3 Å². The summed E-state index contributed by atoms with van der Waals surface area (Å²) in [6.07, 6.45) is -0.115. The van der Waals surface area contributed by atoms with Crippen molar-refractivity contribution in [2.75, 3.05) is 24.6 Å². The number of nitrogens with two attached hydrogens (primary N) is 1. The lowest BCUT2D eigenvalue weighted by Gasteiger charge is -2.25. The molecule has 104 valence electrons. The molecule has 0 radical (unpaired) electrons. The topological polar surface area (TPSA) is 55.6 Å². The maximum Gasteiger partial charge on any atom is 0.237 e. The van der Waals surface area contributed by atoms with Crippen molar-refractivity contribution in [1.82, 2.24) is 0 Å². The predicted octanol–water partition coefficient (Wildman–Crippen LogP) is 1.67. The summed E-state index contributed by atoms with van der Waals surface area (Å²) in [5.41, 5.74) is 7.29. The van der Waals surface area contributed by atoms with Crippen LogP contribution in [0.4, 0.5) is 5.69 Å². The van der Waals surface area contributed by atoms with Gasteiger partial charge in [-0.3, -0.25) is 4.79 Å². The molecular formula is C15H22N2O2. The molecular weight excluding hydrogens is 240 g/mol. The van der Waals surface area contributed by atoms with Crippen molar-refractivity contribution < 1.29 is 9.53 Å². The van der Waals surface area contributed by atoms with Gasteiger partial charge in [0.25, 0.3) is 0 Å². The van der Waals surface area contributed by atoms with Gasteiger partial charge in [-0.1, -0.05) is 18.2 Å². The van der Waals surface area contributed by atoms with Gasteiger partial charge in [-0.15, -0.1) is 0 Å². The highest BCUT2D eigenvalue weighted by molar-refractivity contribution is 6.07. The van der Waals surface area contributed by atoms with Gasteiger partial charge < -0.3 is 15.4 Å². The second-order valence-corrected chi connectivity index (χ2v) is 5.37. The molecule has 4 heteroatoms. The fourth-order valence-electron chi connectivity index (χ4n) is 2.62. The van der Waals surface area contributed by atoms with Gasteiger partial charge in [-0.2, -0.15) is 0 Å². The molecule has 1 amide bonds. The average Bonchev–Trinajstić information content (AvgIpc) is 2.60. The molecule has 0 saturated carbocycles. The molecule has 1 aromatic rings. The molecule has 0 saturated heterocycles. The number of rotatable bonds is 5. The summed E-state index contributed by atoms with van der Waals surface area (Å²) in [6.45, 7) is 7.41. The monoisotopic (exact) mass is 262 g/mol. The molecule has 0 spiro atoms. The van der Waals surface area contributed by atoms with Gasteiger partial charge >= 0.3 is 0 Å². The van der Waals surface area contributed by atoms with Crippen molar-refractivity contribution in [2.24, 2.45) is 5.73 Å². The molecule has 0 aromatic heterocycles. The average molecular weight is 262 g/mol. The maximum atomic E-state index is 12.6. The van der Waals surface area contributed by atoms with E-state index in [4.69, 9.17) is 10.5 Å². The van der Waals surface area contributed by atoms with Gasteiger partial charge in [0.2, 0.25) is 5.91 Å². The number of amides is 1. The Morgan fingerprint density at radius 3 is 2.68 bits per heavy atom. The first-order valence-electron chi connectivity index (χ1n) is 6.75.